The highest BCUT2D eigenvalue weighted by atomic mass is 32.1. The monoisotopic (exact) mass is 418 g/mol. The van der Waals surface area contributed by atoms with Crippen LogP contribution >= 0.6 is 11.3 Å². The topological polar surface area (TPSA) is 69.0 Å². The van der Waals surface area contributed by atoms with E-state index in [0.29, 0.717) is 5.52 Å². The molecular weight excluding hydrogens is 403 g/mol. The lowest BCUT2D eigenvalue weighted by molar-refractivity contribution is -0.137. The van der Waals surface area contributed by atoms with Crippen molar-refractivity contribution in [1.82, 2.24) is 10.3 Å². The number of nitrogens with one attached hydrogen (secondary N) is 1. The fraction of sp³-hybridized carbons (Fsp3) is 0.471. The molecule has 0 aliphatic heterocycles. The van der Waals surface area contributed by atoms with Gasteiger partial charge in [0.25, 0.3) is 0 Å². The lowest BCUT2D eigenvalue weighted by Gasteiger charge is -2.32. The van der Waals surface area contributed by atoms with Gasteiger partial charge in [-0.3, -0.25) is 4.90 Å². The molecule has 1 fully saturated rings. The molecular formula is C17H15F5N4OS. The summed E-state index contributed by atoms with van der Waals surface area (Å²) in [5.41, 5.74) is -0.519. The maximum Gasteiger partial charge on any atom is 0.416 e. The van der Waals surface area contributed by atoms with Crippen molar-refractivity contribution in [1.29, 1.82) is 5.26 Å². The predicted molar refractivity (Wildman–Crippen MR) is 93.5 cm³/mol. The molecule has 1 heterocycles. The van der Waals surface area contributed by atoms with Gasteiger partial charge in [-0.25, -0.2) is 18.6 Å². The number of halogens is 5. The van der Waals surface area contributed by atoms with Crippen molar-refractivity contribution in [3.8, 4) is 6.07 Å². The maximum absolute atomic E-state index is 13.9. The quantitative estimate of drug-likeness (QED) is 0.734. The number of anilines is 1. The third kappa shape index (κ3) is 4.01. The fourth-order valence-corrected chi connectivity index (χ4v) is 3.99. The molecule has 5 nitrogen and oxygen atoms in total. The van der Waals surface area contributed by atoms with Gasteiger partial charge in [0.1, 0.15) is 18.3 Å². The third-order valence-corrected chi connectivity index (χ3v) is 5.67. The van der Waals surface area contributed by atoms with Crippen molar-refractivity contribution in [2.24, 2.45) is 5.92 Å². The van der Waals surface area contributed by atoms with E-state index >= 15 is 0 Å². The van der Waals surface area contributed by atoms with Crippen LogP contribution in [0.5, 0.6) is 0 Å². The predicted octanol–water partition coefficient (Wildman–Crippen LogP) is 4.44. The van der Waals surface area contributed by atoms with Gasteiger partial charge < -0.3 is 5.32 Å². The number of carbonyl (C=O) groups is 1. The molecule has 1 aliphatic rings. The van der Waals surface area contributed by atoms with E-state index in [1.807, 2.05) is 0 Å². The SMILES string of the molecule is CN(C(=O)NC1CC(F)C(C#N)C(F)C1)c1nc2ccc(C(F)(F)F)cc2s1. The Morgan fingerprint density at radius 2 is 1.96 bits per heavy atom. The van der Waals surface area contributed by atoms with Crippen LogP contribution in [0.1, 0.15) is 18.4 Å². The van der Waals surface area contributed by atoms with E-state index in [0.717, 1.165) is 28.4 Å². The number of amides is 2. The minimum atomic E-state index is -4.49. The summed E-state index contributed by atoms with van der Waals surface area (Å²) in [5, 5.41) is 11.4. The molecule has 150 valence electrons. The Balaban J connectivity index is 1.72. The second kappa shape index (κ2) is 7.50. The fourth-order valence-electron chi connectivity index (χ4n) is 3.03. The van der Waals surface area contributed by atoms with Crippen molar-refractivity contribution in [2.75, 3.05) is 11.9 Å². The summed E-state index contributed by atoms with van der Waals surface area (Å²) in [5.74, 6) is -1.35. The zero-order valence-electron chi connectivity index (χ0n) is 14.5. The first-order valence-electron chi connectivity index (χ1n) is 8.30. The third-order valence-electron chi connectivity index (χ3n) is 4.57. The molecule has 1 saturated carbocycles. The molecule has 1 N–H and O–H groups in total. The highest BCUT2D eigenvalue weighted by molar-refractivity contribution is 7.22. The Labute approximate surface area is 160 Å². The zero-order valence-corrected chi connectivity index (χ0v) is 15.3. The summed E-state index contributed by atoms with van der Waals surface area (Å²) in [4.78, 5) is 17.6. The standard InChI is InChI=1S/C17H15F5N4OS/c1-26(15(27)24-9-5-11(18)10(7-23)12(19)6-9)16-25-13-3-2-8(17(20,21)22)4-14(13)28-16/h2-4,9-12H,5-6H2,1H3,(H,24,27). The summed E-state index contributed by atoms with van der Waals surface area (Å²) in [6, 6.07) is 3.19. The number of benzene rings is 1. The molecule has 2 atom stereocenters. The molecule has 28 heavy (non-hydrogen) atoms. The van der Waals surface area contributed by atoms with E-state index < -0.39 is 42.1 Å². The van der Waals surface area contributed by atoms with E-state index in [9.17, 15) is 26.7 Å². The molecule has 11 heteroatoms. The molecule has 0 saturated heterocycles. The molecule has 1 aromatic carbocycles. The summed E-state index contributed by atoms with van der Waals surface area (Å²) in [7, 11) is 1.36. The normalized spacial score (nSPS) is 25.3. The van der Waals surface area contributed by atoms with Crippen LogP contribution in [-0.4, -0.2) is 36.4 Å². The van der Waals surface area contributed by atoms with Gasteiger partial charge in [0.05, 0.1) is 21.8 Å². The minimum Gasteiger partial charge on any atom is -0.335 e. The van der Waals surface area contributed by atoms with Gasteiger partial charge in [-0.15, -0.1) is 0 Å². The number of aromatic nitrogens is 1. The van der Waals surface area contributed by atoms with E-state index in [2.05, 4.69) is 10.3 Å². The number of nitriles is 1. The van der Waals surface area contributed by atoms with Gasteiger partial charge in [-0.1, -0.05) is 11.3 Å². The van der Waals surface area contributed by atoms with Crippen LogP contribution in [0.3, 0.4) is 0 Å². The van der Waals surface area contributed by atoms with Crippen LogP contribution in [0.15, 0.2) is 18.2 Å². The molecule has 1 aromatic heterocycles. The highest BCUT2D eigenvalue weighted by Crippen LogP contribution is 2.35. The Bertz CT molecular complexity index is 912. The lowest BCUT2D eigenvalue weighted by Crippen LogP contribution is -2.49. The van der Waals surface area contributed by atoms with Crippen molar-refractivity contribution < 1.29 is 26.7 Å². The van der Waals surface area contributed by atoms with E-state index in [4.69, 9.17) is 5.26 Å². The van der Waals surface area contributed by atoms with Gasteiger partial charge in [0, 0.05) is 25.9 Å². The van der Waals surface area contributed by atoms with Crippen LogP contribution < -0.4 is 10.2 Å². The number of carbonyl (C=O) groups excluding carboxylic acids is 1. The molecule has 1 aliphatic carbocycles. The number of hydrogen-bond acceptors (Lipinski definition) is 4. The number of thiazole rings is 1. The number of hydrogen-bond donors (Lipinski definition) is 1. The Morgan fingerprint density at radius 1 is 1.32 bits per heavy atom. The highest BCUT2D eigenvalue weighted by Gasteiger charge is 2.39. The summed E-state index contributed by atoms with van der Waals surface area (Å²) in [6.07, 6.45) is -8.24. The molecule has 2 aromatic rings. The number of nitrogens with zero attached hydrogens (tertiary/aromatic N) is 3. The Kier molecular flexibility index (Phi) is 5.43. The molecule has 0 spiro atoms. The molecule has 0 bridgehead atoms. The van der Waals surface area contributed by atoms with Crippen LogP contribution in [-0.2, 0) is 6.18 Å². The van der Waals surface area contributed by atoms with Crippen LogP contribution in [0.25, 0.3) is 10.2 Å². The Hall–Kier alpha value is -2.48. The van der Waals surface area contributed by atoms with E-state index in [-0.39, 0.29) is 22.7 Å². The smallest absolute Gasteiger partial charge is 0.335 e. The second-order valence-electron chi connectivity index (χ2n) is 6.54. The molecule has 0 radical (unpaired) electrons. The van der Waals surface area contributed by atoms with Crippen molar-refractivity contribution in [2.45, 2.75) is 37.4 Å². The van der Waals surface area contributed by atoms with Gasteiger partial charge in [0.15, 0.2) is 5.13 Å². The van der Waals surface area contributed by atoms with Crippen LogP contribution in [0, 0.1) is 17.2 Å². The number of fused-ring (bicyclic) bond motifs is 1. The largest absolute Gasteiger partial charge is 0.416 e. The number of rotatable bonds is 2. The van der Waals surface area contributed by atoms with Crippen LogP contribution in [0.4, 0.5) is 31.9 Å². The van der Waals surface area contributed by atoms with Crippen molar-refractivity contribution in [3.05, 3.63) is 23.8 Å². The summed E-state index contributed by atoms with van der Waals surface area (Å²) >= 11 is 0.894. The average Bonchev–Trinajstić information content (AvgIpc) is 3.03. The van der Waals surface area contributed by atoms with Gasteiger partial charge >= 0.3 is 12.2 Å². The average molecular weight is 418 g/mol. The van der Waals surface area contributed by atoms with Gasteiger partial charge in [-0.2, -0.15) is 18.4 Å². The summed E-state index contributed by atoms with van der Waals surface area (Å²) in [6.45, 7) is 0. The summed E-state index contributed by atoms with van der Waals surface area (Å²) < 4.78 is 66.4. The Morgan fingerprint density at radius 3 is 2.54 bits per heavy atom. The van der Waals surface area contributed by atoms with Crippen molar-refractivity contribution in [3.63, 3.8) is 0 Å². The first-order chi connectivity index (χ1) is 13.1. The van der Waals surface area contributed by atoms with Gasteiger partial charge in [-0.05, 0) is 18.2 Å². The first kappa shape index (κ1) is 20.3. The molecule has 2 amide bonds. The molecule has 3 rings (SSSR count). The second-order valence-corrected chi connectivity index (χ2v) is 7.55. The number of urea groups is 1. The minimum absolute atomic E-state index is 0.145. The van der Waals surface area contributed by atoms with Gasteiger partial charge in [0.2, 0.25) is 0 Å². The first-order valence-corrected chi connectivity index (χ1v) is 9.11. The lowest BCUT2D eigenvalue weighted by atomic mass is 9.84. The van der Waals surface area contributed by atoms with E-state index in [1.165, 1.54) is 13.1 Å². The van der Waals surface area contributed by atoms with E-state index in [1.54, 1.807) is 6.07 Å². The zero-order chi connectivity index (χ0) is 20.6. The van der Waals surface area contributed by atoms with Crippen LogP contribution in [0.2, 0.25) is 0 Å². The number of alkyl halides is 5. The molecule has 2 unspecified atom stereocenters. The maximum atomic E-state index is 13.9. The van der Waals surface area contributed by atoms with Crippen molar-refractivity contribution >= 4 is 32.7 Å².